The average Bonchev–Trinajstić information content (AvgIpc) is 3.41. The Kier molecular flexibility index (Phi) is 9.32. The van der Waals surface area contributed by atoms with Gasteiger partial charge < -0.3 is 19.6 Å². The van der Waals surface area contributed by atoms with Crippen molar-refractivity contribution in [1.82, 2.24) is 9.96 Å². The fourth-order valence-corrected chi connectivity index (χ4v) is 9.11. The predicted octanol–water partition coefficient (Wildman–Crippen LogP) is 4.03. The van der Waals surface area contributed by atoms with Gasteiger partial charge in [0.2, 0.25) is 0 Å². The number of amides is 2. The summed E-state index contributed by atoms with van der Waals surface area (Å²) in [5.74, 6) is -5.00. The highest BCUT2D eigenvalue weighted by Crippen LogP contribution is 2.51. The van der Waals surface area contributed by atoms with Crippen LogP contribution in [0, 0.1) is 0 Å². The highest BCUT2D eigenvalue weighted by atomic mass is 32.2. The lowest BCUT2D eigenvalue weighted by atomic mass is 9.77. The Morgan fingerprint density at radius 2 is 1.47 bits per heavy atom. The number of anilines is 1. The van der Waals surface area contributed by atoms with Crippen LogP contribution in [-0.4, -0.2) is 107 Å². The molecule has 1 atom stereocenters. The van der Waals surface area contributed by atoms with Crippen LogP contribution in [0.5, 0.6) is 5.75 Å². The van der Waals surface area contributed by atoms with Crippen LogP contribution in [0.2, 0.25) is 0 Å². The molecular weight excluding hydrogens is 783 g/mol. The van der Waals surface area contributed by atoms with Gasteiger partial charge in [-0.1, -0.05) is 18.2 Å². The third-order valence-corrected chi connectivity index (χ3v) is 12.3. The average molecular weight is 822 g/mol. The third kappa shape index (κ3) is 7.23. The van der Waals surface area contributed by atoms with Crippen LogP contribution in [0.15, 0.2) is 77.1 Å². The van der Waals surface area contributed by atoms with Crippen LogP contribution < -0.4 is 9.64 Å². The Hall–Kier alpha value is -5.40. The van der Waals surface area contributed by atoms with Crippen molar-refractivity contribution < 1.29 is 59.8 Å². The van der Waals surface area contributed by atoms with E-state index in [9.17, 15) is 50.2 Å². The minimum absolute atomic E-state index is 0.0580. The van der Waals surface area contributed by atoms with E-state index in [0.717, 1.165) is 6.07 Å². The Bertz CT molecular complexity index is 2600. The lowest BCUT2D eigenvalue weighted by Crippen LogP contribution is -2.51. The topological polar surface area (TPSA) is 225 Å². The normalized spacial score (nSPS) is 21.3. The number of carbonyl (C=O) groups excluding carboxylic acids is 3. The Labute approximate surface area is 328 Å². The van der Waals surface area contributed by atoms with E-state index in [1.165, 1.54) is 12.1 Å². The first-order chi connectivity index (χ1) is 26.3. The van der Waals surface area contributed by atoms with E-state index in [-0.39, 0.29) is 46.6 Å². The van der Waals surface area contributed by atoms with Crippen molar-refractivity contribution in [3.8, 4) is 5.75 Å². The lowest BCUT2D eigenvalue weighted by Gasteiger charge is -2.46. The summed E-state index contributed by atoms with van der Waals surface area (Å²) in [5.41, 5.74) is 0.778. The quantitative estimate of drug-likeness (QED) is 0.253. The summed E-state index contributed by atoms with van der Waals surface area (Å²) in [6.07, 6.45) is 6.54. The maximum Gasteiger partial charge on any atom is 0.363 e. The summed E-state index contributed by atoms with van der Waals surface area (Å²) in [6.45, 7) is 7.48. The van der Waals surface area contributed by atoms with Crippen molar-refractivity contribution in [2.24, 2.45) is 0 Å². The number of carboxylic acids is 1. The number of nitrogens with zero attached hydrogens (tertiary/aromatic N) is 3. The van der Waals surface area contributed by atoms with E-state index < -0.39 is 78.2 Å². The first kappa shape index (κ1) is 39.8. The first-order valence-electron chi connectivity index (χ1n) is 17.7. The molecule has 1 unspecified atom stereocenters. The zero-order valence-corrected chi connectivity index (χ0v) is 33.3. The molecule has 0 spiro atoms. The molecule has 0 aromatic heterocycles. The van der Waals surface area contributed by atoms with Gasteiger partial charge >= 0.3 is 11.9 Å². The van der Waals surface area contributed by atoms with E-state index in [0.29, 0.717) is 38.6 Å². The van der Waals surface area contributed by atoms with Crippen molar-refractivity contribution >= 4 is 60.8 Å². The SMILES string of the molecule is CN1c2cc3c(cc2C(CS(=O)(=O)O)=CC1(C)C)C(c1ccc(C(=O)ON2C(=O)CCC2=O)cc1C(=O)O)=C1C=C2C(CS(=O)(=O)O)=CC(C)(C)N(C)C2C=C1O3. The first-order valence-corrected chi connectivity index (χ1v) is 20.9. The van der Waals surface area contributed by atoms with Crippen molar-refractivity contribution in [1.29, 1.82) is 0 Å². The molecule has 4 aliphatic heterocycles. The summed E-state index contributed by atoms with van der Waals surface area (Å²) < 4.78 is 75.7. The molecule has 300 valence electrons. The van der Waals surface area contributed by atoms with Gasteiger partial charge in [0.1, 0.15) is 23.0 Å². The Morgan fingerprint density at radius 3 is 2.09 bits per heavy atom. The summed E-state index contributed by atoms with van der Waals surface area (Å²) in [7, 11) is -5.41. The second-order valence-corrected chi connectivity index (χ2v) is 18.5. The highest BCUT2D eigenvalue weighted by molar-refractivity contribution is 7.86. The number of rotatable bonds is 8. The molecule has 18 heteroatoms. The van der Waals surface area contributed by atoms with Gasteiger partial charge in [-0.15, -0.1) is 5.06 Å². The largest absolute Gasteiger partial charge is 0.478 e. The molecule has 7 rings (SSSR count). The van der Waals surface area contributed by atoms with Crippen LogP contribution in [0.4, 0.5) is 5.69 Å². The minimum atomic E-state index is -4.53. The van der Waals surface area contributed by atoms with Crippen LogP contribution in [-0.2, 0) is 34.7 Å². The standard InChI is InChI=1S/C39H39N3O13S2/c1-38(2)16-21(18-56(48,49)50)24-12-27-31(14-29(24)40(38)5)54-32-15-30-25(22(19-57(51,52)53)17-39(3,4)41(30)6)13-28(32)35(27)23-8-7-20(11-26(23)36(45)46)37(47)55-42-33(43)9-10-34(42)44/h7-8,11-17,29H,9-10,18-19H2,1-6H3,(H,45,46)(H,48,49,50)(H,51,52,53). The van der Waals surface area contributed by atoms with E-state index >= 15 is 0 Å². The maximum absolute atomic E-state index is 13.2. The molecule has 57 heavy (non-hydrogen) atoms. The number of hydrogen-bond acceptors (Lipinski definition) is 12. The number of fused-ring (bicyclic) bond motifs is 4. The number of aromatic carboxylic acids is 1. The minimum Gasteiger partial charge on any atom is -0.478 e. The van der Waals surface area contributed by atoms with E-state index in [1.807, 2.05) is 44.5 Å². The zero-order chi connectivity index (χ0) is 41.7. The molecule has 2 amide bonds. The number of benzene rings is 2. The molecule has 4 heterocycles. The van der Waals surface area contributed by atoms with Gasteiger partial charge in [-0.3, -0.25) is 23.6 Å². The second-order valence-electron chi connectivity index (χ2n) is 15.6. The number of allylic oxidation sites excluding steroid dienone is 1. The molecule has 0 bridgehead atoms. The molecular formula is C39H39N3O13S2. The lowest BCUT2D eigenvalue weighted by molar-refractivity contribution is -0.172. The molecule has 2 aromatic rings. The Balaban J connectivity index is 1.50. The number of carboxylic acid groups (broad SMARTS) is 1. The van der Waals surface area contributed by atoms with Crippen molar-refractivity contribution in [3.63, 3.8) is 0 Å². The summed E-state index contributed by atoms with van der Waals surface area (Å²) in [5, 5.41) is 11.0. The van der Waals surface area contributed by atoms with Gasteiger partial charge in [0.25, 0.3) is 32.1 Å². The van der Waals surface area contributed by atoms with Crippen LogP contribution in [0.25, 0.3) is 11.1 Å². The van der Waals surface area contributed by atoms with Crippen molar-refractivity contribution in [3.05, 3.63) is 105 Å². The van der Waals surface area contributed by atoms with Gasteiger partial charge in [-0.05, 0) is 87.4 Å². The fourth-order valence-electron chi connectivity index (χ4n) is 7.84. The smallest absolute Gasteiger partial charge is 0.363 e. The third-order valence-electron chi connectivity index (χ3n) is 11.0. The monoisotopic (exact) mass is 821 g/mol. The summed E-state index contributed by atoms with van der Waals surface area (Å²) in [4.78, 5) is 59.5. The molecule has 16 nitrogen and oxygen atoms in total. The van der Waals surface area contributed by atoms with Gasteiger partial charge in [-0.2, -0.15) is 16.8 Å². The second kappa shape index (κ2) is 13.3. The molecule has 1 saturated heterocycles. The number of hydroxylamine groups is 2. The van der Waals surface area contributed by atoms with Gasteiger partial charge in [-0.25, -0.2) is 9.59 Å². The number of imide groups is 1. The highest BCUT2D eigenvalue weighted by Gasteiger charge is 2.42. The van der Waals surface area contributed by atoms with Crippen LogP contribution in [0.1, 0.15) is 77.9 Å². The molecule has 0 saturated carbocycles. The molecule has 3 N–H and O–H groups in total. The van der Waals surface area contributed by atoms with Gasteiger partial charge in [0.15, 0.2) is 0 Å². The fraction of sp³-hybridized carbons (Fsp3) is 0.333. The van der Waals surface area contributed by atoms with Crippen LogP contribution in [0.3, 0.4) is 0 Å². The molecule has 5 aliphatic rings. The predicted molar refractivity (Wildman–Crippen MR) is 206 cm³/mol. The number of ether oxygens (including phenoxy) is 1. The number of likely N-dealkylation sites (N-methyl/N-ethyl adjacent to an activating group) is 2. The molecule has 1 aliphatic carbocycles. The van der Waals surface area contributed by atoms with Crippen LogP contribution >= 0.6 is 0 Å². The molecule has 1 fully saturated rings. The maximum atomic E-state index is 13.2. The van der Waals surface area contributed by atoms with Gasteiger partial charge in [0.05, 0.1) is 22.7 Å². The van der Waals surface area contributed by atoms with Gasteiger partial charge in [0, 0.05) is 59.5 Å². The summed E-state index contributed by atoms with van der Waals surface area (Å²) >= 11 is 0. The van der Waals surface area contributed by atoms with E-state index in [2.05, 4.69) is 0 Å². The van der Waals surface area contributed by atoms with E-state index in [1.54, 1.807) is 43.5 Å². The zero-order valence-electron chi connectivity index (χ0n) is 31.7. The summed E-state index contributed by atoms with van der Waals surface area (Å²) in [6, 6.07) is 6.39. The molecule has 2 aromatic carbocycles. The Morgan fingerprint density at radius 1 is 0.860 bits per heavy atom. The number of hydrogen-bond donors (Lipinski definition) is 3. The van der Waals surface area contributed by atoms with Crippen molar-refractivity contribution in [2.45, 2.75) is 57.7 Å². The number of carbonyl (C=O) groups is 4. The van der Waals surface area contributed by atoms with E-state index in [4.69, 9.17) is 9.57 Å². The van der Waals surface area contributed by atoms with Crippen molar-refractivity contribution in [2.75, 3.05) is 30.5 Å². The molecule has 0 radical (unpaired) electrons.